The van der Waals surface area contributed by atoms with Gasteiger partial charge < -0.3 is 19.3 Å². The molecule has 0 amide bonds. The van der Waals surface area contributed by atoms with Gasteiger partial charge in [-0.05, 0) is 13.0 Å². The van der Waals surface area contributed by atoms with E-state index < -0.39 is 18.2 Å². The van der Waals surface area contributed by atoms with Crippen molar-refractivity contribution in [2.24, 2.45) is 0 Å². The monoisotopic (exact) mass is 272 g/mol. The van der Waals surface area contributed by atoms with E-state index in [0.717, 1.165) is 0 Å². The summed E-state index contributed by atoms with van der Waals surface area (Å²) < 4.78 is 28.4. The van der Waals surface area contributed by atoms with E-state index in [1.807, 2.05) is 0 Å². The number of rotatable bonds is 6. The topological polar surface area (TPSA) is 65.0 Å². The third-order valence-electron chi connectivity index (χ3n) is 2.54. The Kier molecular flexibility index (Phi) is 5.57. The number of carbonyl (C=O) groups excluding carboxylic acids is 1. The number of aliphatic hydroxyl groups excluding tert-OH is 1. The summed E-state index contributed by atoms with van der Waals surface area (Å²) in [6.45, 7) is 1.60. The highest BCUT2D eigenvalue weighted by Gasteiger charge is 2.31. The van der Waals surface area contributed by atoms with Crippen molar-refractivity contribution in [3.8, 4) is 11.5 Å². The molecule has 19 heavy (non-hydrogen) atoms. The predicted octanol–water partition coefficient (Wildman–Crippen LogP) is 1.64. The number of halogens is 1. The summed E-state index contributed by atoms with van der Waals surface area (Å²) in [6, 6.07) is 4.63. The summed E-state index contributed by atoms with van der Waals surface area (Å²) in [4.78, 5) is 11.3. The number of carbonyl (C=O) groups is 1. The van der Waals surface area contributed by atoms with Gasteiger partial charge in [-0.2, -0.15) is 0 Å². The molecular formula is C13H17FO5. The number of methoxy groups -OCH3 is 2. The summed E-state index contributed by atoms with van der Waals surface area (Å²) in [5, 5.41) is 9.91. The van der Waals surface area contributed by atoms with Gasteiger partial charge in [-0.1, -0.05) is 12.1 Å². The first kappa shape index (κ1) is 15.2. The Morgan fingerprint density at radius 2 is 2.05 bits per heavy atom. The van der Waals surface area contributed by atoms with Gasteiger partial charge in [0.1, 0.15) is 6.10 Å². The Hall–Kier alpha value is -1.82. The normalized spacial score (nSPS) is 13.5. The van der Waals surface area contributed by atoms with Gasteiger partial charge >= 0.3 is 5.97 Å². The molecule has 1 aromatic carbocycles. The summed E-state index contributed by atoms with van der Waals surface area (Å²) in [5.41, 5.74) is 0.127. The van der Waals surface area contributed by atoms with Gasteiger partial charge in [-0.3, -0.25) is 0 Å². The van der Waals surface area contributed by atoms with Crippen molar-refractivity contribution < 1.29 is 28.5 Å². The molecule has 0 heterocycles. The average Bonchev–Trinajstić information content (AvgIpc) is 2.44. The van der Waals surface area contributed by atoms with Crippen molar-refractivity contribution >= 4 is 5.97 Å². The van der Waals surface area contributed by atoms with Crippen LogP contribution < -0.4 is 9.47 Å². The van der Waals surface area contributed by atoms with Crippen LogP contribution in [0.3, 0.4) is 0 Å². The van der Waals surface area contributed by atoms with Gasteiger partial charge in [-0.25, -0.2) is 9.18 Å². The van der Waals surface area contributed by atoms with Gasteiger partial charge in [-0.15, -0.1) is 0 Å². The lowest BCUT2D eigenvalue weighted by molar-refractivity contribution is -0.153. The Morgan fingerprint density at radius 3 is 2.58 bits per heavy atom. The zero-order valence-corrected chi connectivity index (χ0v) is 11.1. The highest BCUT2D eigenvalue weighted by atomic mass is 19.1. The van der Waals surface area contributed by atoms with E-state index in [9.17, 15) is 14.3 Å². The molecule has 106 valence electrons. The van der Waals surface area contributed by atoms with Gasteiger partial charge in [0.25, 0.3) is 0 Å². The van der Waals surface area contributed by atoms with Crippen LogP contribution in [0, 0.1) is 0 Å². The second kappa shape index (κ2) is 6.94. The maximum atomic E-state index is 13.8. The first-order valence-electron chi connectivity index (χ1n) is 5.76. The highest BCUT2D eigenvalue weighted by Crippen LogP contribution is 2.36. The molecular weight excluding hydrogens is 255 g/mol. The van der Waals surface area contributed by atoms with Crippen LogP contribution >= 0.6 is 0 Å². The van der Waals surface area contributed by atoms with Crippen molar-refractivity contribution in [1.82, 2.24) is 0 Å². The minimum atomic E-state index is -2.18. The molecule has 5 nitrogen and oxygen atoms in total. The fourth-order valence-corrected chi connectivity index (χ4v) is 1.65. The number of ether oxygens (including phenoxy) is 3. The summed E-state index contributed by atoms with van der Waals surface area (Å²) >= 11 is 0. The van der Waals surface area contributed by atoms with Crippen LogP contribution in [0.4, 0.5) is 4.39 Å². The summed E-state index contributed by atoms with van der Waals surface area (Å²) in [7, 11) is 2.79. The molecule has 0 saturated heterocycles. The Balaban J connectivity index is 3.05. The average molecular weight is 272 g/mol. The van der Waals surface area contributed by atoms with Crippen LogP contribution in [-0.4, -0.2) is 38.1 Å². The van der Waals surface area contributed by atoms with Gasteiger partial charge in [0.2, 0.25) is 6.17 Å². The Morgan fingerprint density at radius 1 is 1.37 bits per heavy atom. The standard InChI is InChI=1S/C13H17FO5/c1-4-19-13(16)10(14)11(15)8-6-5-7-9(17-2)12(8)18-3/h5-7,10-11,15H,4H2,1-3H3. The van der Waals surface area contributed by atoms with Crippen LogP contribution in [-0.2, 0) is 9.53 Å². The smallest absolute Gasteiger partial charge is 0.343 e. The van der Waals surface area contributed by atoms with E-state index in [1.165, 1.54) is 20.3 Å². The minimum Gasteiger partial charge on any atom is -0.493 e. The number of aliphatic hydroxyl groups is 1. The second-order valence-corrected chi connectivity index (χ2v) is 3.68. The second-order valence-electron chi connectivity index (χ2n) is 3.68. The molecule has 0 aliphatic carbocycles. The largest absolute Gasteiger partial charge is 0.493 e. The molecule has 0 aromatic heterocycles. The third kappa shape index (κ3) is 3.35. The van der Waals surface area contributed by atoms with Crippen molar-refractivity contribution in [1.29, 1.82) is 0 Å². The molecule has 2 atom stereocenters. The molecule has 0 saturated carbocycles. The van der Waals surface area contributed by atoms with E-state index in [0.29, 0.717) is 5.75 Å². The van der Waals surface area contributed by atoms with Gasteiger partial charge in [0.05, 0.1) is 20.8 Å². The van der Waals surface area contributed by atoms with E-state index in [2.05, 4.69) is 4.74 Å². The predicted molar refractivity (Wildman–Crippen MR) is 66.0 cm³/mol. The van der Waals surface area contributed by atoms with Crippen molar-refractivity contribution in [3.05, 3.63) is 23.8 Å². The van der Waals surface area contributed by atoms with E-state index in [1.54, 1.807) is 19.1 Å². The molecule has 2 unspecified atom stereocenters. The Bertz CT molecular complexity index is 435. The molecule has 1 aromatic rings. The van der Waals surface area contributed by atoms with E-state index in [4.69, 9.17) is 9.47 Å². The van der Waals surface area contributed by atoms with Crippen LogP contribution in [0.2, 0.25) is 0 Å². The van der Waals surface area contributed by atoms with Crippen LogP contribution in [0.25, 0.3) is 0 Å². The fourth-order valence-electron chi connectivity index (χ4n) is 1.65. The van der Waals surface area contributed by atoms with Crippen molar-refractivity contribution in [2.45, 2.75) is 19.2 Å². The lowest BCUT2D eigenvalue weighted by Gasteiger charge is -2.19. The molecule has 0 spiro atoms. The van der Waals surface area contributed by atoms with E-state index >= 15 is 0 Å². The van der Waals surface area contributed by atoms with Crippen LogP contribution in [0.1, 0.15) is 18.6 Å². The number of alkyl halides is 1. The number of para-hydroxylation sites is 1. The van der Waals surface area contributed by atoms with Crippen LogP contribution in [0.15, 0.2) is 18.2 Å². The molecule has 0 aliphatic rings. The molecule has 6 heteroatoms. The number of hydrogen-bond acceptors (Lipinski definition) is 5. The van der Waals surface area contributed by atoms with Gasteiger partial charge in [0.15, 0.2) is 11.5 Å². The third-order valence-corrected chi connectivity index (χ3v) is 2.54. The molecule has 0 aliphatic heterocycles. The van der Waals surface area contributed by atoms with Crippen molar-refractivity contribution in [2.75, 3.05) is 20.8 Å². The highest BCUT2D eigenvalue weighted by molar-refractivity contribution is 5.75. The number of hydrogen-bond donors (Lipinski definition) is 1. The number of esters is 1. The molecule has 0 bridgehead atoms. The minimum absolute atomic E-state index is 0.0429. The first-order valence-corrected chi connectivity index (χ1v) is 5.76. The van der Waals surface area contributed by atoms with Crippen molar-refractivity contribution in [3.63, 3.8) is 0 Å². The first-order chi connectivity index (χ1) is 9.06. The van der Waals surface area contributed by atoms with Gasteiger partial charge in [0, 0.05) is 5.56 Å². The molecule has 1 rings (SSSR count). The summed E-state index contributed by atoms with van der Waals surface area (Å²) in [6.07, 6.45) is -3.86. The molecule has 0 radical (unpaired) electrons. The zero-order valence-electron chi connectivity index (χ0n) is 11.1. The number of benzene rings is 1. The maximum Gasteiger partial charge on any atom is 0.343 e. The fraction of sp³-hybridized carbons (Fsp3) is 0.462. The SMILES string of the molecule is CCOC(=O)C(F)C(O)c1cccc(OC)c1OC. The quantitative estimate of drug-likeness (QED) is 0.797. The lowest BCUT2D eigenvalue weighted by Crippen LogP contribution is -2.26. The zero-order chi connectivity index (χ0) is 14.4. The lowest BCUT2D eigenvalue weighted by atomic mass is 10.0. The molecule has 1 N–H and O–H groups in total. The Labute approximate surface area is 110 Å². The van der Waals surface area contributed by atoms with E-state index in [-0.39, 0.29) is 17.9 Å². The summed E-state index contributed by atoms with van der Waals surface area (Å²) in [5.74, 6) is -0.584. The molecule has 0 fully saturated rings. The maximum absolute atomic E-state index is 13.8. The van der Waals surface area contributed by atoms with Crippen LogP contribution in [0.5, 0.6) is 11.5 Å².